The lowest BCUT2D eigenvalue weighted by molar-refractivity contribution is 0.617. The van der Waals surface area contributed by atoms with Crippen LogP contribution in [-0.2, 0) is 0 Å². The number of halogens is 3. The van der Waals surface area contributed by atoms with Crippen molar-refractivity contribution in [1.29, 1.82) is 0 Å². The average Bonchev–Trinajstić information content (AvgIpc) is 1.81. The summed E-state index contributed by atoms with van der Waals surface area (Å²) in [5, 5.41) is 0.600. The van der Waals surface area contributed by atoms with Crippen LogP contribution in [0.5, 0.6) is 0 Å². The number of hydrogen-bond donors (Lipinski definition) is 0. The molecule has 1 atom stereocenters. The zero-order valence-electron chi connectivity index (χ0n) is 8.18. The van der Waals surface area contributed by atoms with Crippen molar-refractivity contribution < 1.29 is 0 Å². The molecule has 0 bridgehead atoms. The van der Waals surface area contributed by atoms with Gasteiger partial charge in [0.1, 0.15) is 0 Å². The molecular formula is C8H15Cl3S2. The Balaban J connectivity index is 4.12. The van der Waals surface area contributed by atoms with Gasteiger partial charge in [-0.25, -0.2) is 0 Å². The predicted octanol–water partition coefficient (Wildman–Crippen LogP) is 5.17. The average molecular weight is 282 g/mol. The Morgan fingerprint density at radius 1 is 0.923 bits per heavy atom. The Kier molecular flexibility index (Phi) is 6.97. The fourth-order valence-electron chi connectivity index (χ4n) is 0.715. The molecule has 0 rings (SSSR count). The number of rotatable bonds is 4. The summed E-state index contributed by atoms with van der Waals surface area (Å²) in [7, 11) is 3.42. The minimum absolute atomic E-state index is 0.0462. The number of hydrogen-bond acceptors (Lipinski definition) is 2. The minimum Gasteiger partial charge on any atom is -0.0909 e. The van der Waals surface area contributed by atoms with Gasteiger partial charge in [-0.1, -0.05) is 84.1 Å². The molecule has 0 aliphatic rings. The van der Waals surface area contributed by atoms with Crippen LogP contribution in [0.2, 0.25) is 0 Å². The Hall–Kier alpha value is 1.57. The first-order valence-corrected chi connectivity index (χ1v) is 7.55. The maximum Gasteiger partial charge on any atom is 0.203 e. The monoisotopic (exact) mass is 280 g/mol. The zero-order valence-corrected chi connectivity index (χ0v) is 12.1. The molecule has 5 heteroatoms. The second kappa shape index (κ2) is 6.22. The first kappa shape index (κ1) is 14.6. The molecule has 0 spiro atoms. The van der Waals surface area contributed by atoms with E-state index in [1.165, 1.54) is 0 Å². The van der Waals surface area contributed by atoms with E-state index in [4.69, 9.17) is 34.8 Å². The maximum atomic E-state index is 5.87. The summed E-state index contributed by atoms with van der Waals surface area (Å²) in [6, 6.07) is 0. The van der Waals surface area contributed by atoms with Gasteiger partial charge in [0.15, 0.2) is 0 Å². The fourth-order valence-corrected chi connectivity index (χ4v) is 5.15. The van der Waals surface area contributed by atoms with Crippen molar-refractivity contribution in [3.63, 3.8) is 0 Å². The Morgan fingerprint density at radius 3 is 1.62 bits per heavy atom. The quantitative estimate of drug-likeness (QED) is 0.515. The minimum atomic E-state index is -1.17. The molecule has 0 aromatic carbocycles. The summed E-state index contributed by atoms with van der Waals surface area (Å²) in [6.07, 6.45) is 0. The van der Waals surface area contributed by atoms with E-state index < -0.39 is 3.79 Å². The molecule has 0 aromatic rings. The molecule has 0 heterocycles. The summed E-state index contributed by atoms with van der Waals surface area (Å²) >= 11 is 17.6. The molecular weight excluding hydrogens is 267 g/mol. The molecule has 0 radical (unpaired) electrons. The van der Waals surface area contributed by atoms with Crippen molar-refractivity contribution in [3.8, 4) is 0 Å². The highest BCUT2D eigenvalue weighted by Crippen LogP contribution is 2.46. The third-order valence-electron chi connectivity index (χ3n) is 1.28. The summed E-state index contributed by atoms with van der Waals surface area (Å²) in [6.45, 7) is 8.40. The SMILES string of the molecule is CC(C)SS[C@@H](C(C)C)C(Cl)(Cl)Cl. The Morgan fingerprint density at radius 2 is 1.38 bits per heavy atom. The van der Waals surface area contributed by atoms with Gasteiger partial charge in [-0.2, -0.15) is 0 Å². The molecule has 0 aliphatic heterocycles. The van der Waals surface area contributed by atoms with Crippen LogP contribution in [0, 0.1) is 5.92 Å². The van der Waals surface area contributed by atoms with Gasteiger partial charge >= 0.3 is 0 Å². The van der Waals surface area contributed by atoms with Crippen LogP contribution >= 0.6 is 56.4 Å². The highest BCUT2D eigenvalue weighted by atomic mass is 35.6. The first-order chi connectivity index (χ1) is 5.75. The van der Waals surface area contributed by atoms with E-state index in [1.54, 1.807) is 21.6 Å². The van der Waals surface area contributed by atoms with Crippen molar-refractivity contribution in [1.82, 2.24) is 0 Å². The molecule has 13 heavy (non-hydrogen) atoms. The molecule has 0 aliphatic carbocycles. The fraction of sp³-hybridized carbons (Fsp3) is 1.00. The number of alkyl halides is 3. The second-order valence-corrected chi connectivity index (χ2v) is 8.81. The van der Waals surface area contributed by atoms with E-state index in [9.17, 15) is 0 Å². The molecule has 0 nitrogen and oxygen atoms in total. The largest absolute Gasteiger partial charge is 0.203 e. The van der Waals surface area contributed by atoms with E-state index >= 15 is 0 Å². The van der Waals surface area contributed by atoms with Gasteiger partial charge in [0.05, 0.1) is 5.25 Å². The van der Waals surface area contributed by atoms with Crippen LogP contribution in [0.25, 0.3) is 0 Å². The van der Waals surface area contributed by atoms with Crippen molar-refractivity contribution in [2.75, 3.05) is 0 Å². The lowest BCUT2D eigenvalue weighted by Crippen LogP contribution is -2.27. The zero-order chi connectivity index (χ0) is 10.6. The van der Waals surface area contributed by atoms with Crippen molar-refractivity contribution in [3.05, 3.63) is 0 Å². The van der Waals surface area contributed by atoms with Gasteiger partial charge in [-0.15, -0.1) is 0 Å². The maximum absolute atomic E-state index is 5.87. The van der Waals surface area contributed by atoms with Crippen LogP contribution in [0.15, 0.2) is 0 Å². The molecule has 0 saturated heterocycles. The standard InChI is InChI=1S/C8H15Cl3S2/c1-5(2)7(8(9,10)11)13-12-6(3)4/h5-7H,1-4H3/t7-/m0/s1. The lowest BCUT2D eigenvalue weighted by Gasteiger charge is -2.27. The molecule has 0 saturated carbocycles. The van der Waals surface area contributed by atoms with Crippen molar-refractivity contribution >= 4 is 56.4 Å². The predicted molar refractivity (Wildman–Crippen MR) is 69.2 cm³/mol. The normalized spacial score (nSPS) is 15.5. The van der Waals surface area contributed by atoms with Crippen LogP contribution < -0.4 is 0 Å². The van der Waals surface area contributed by atoms with Gasteiger partial charge in [-0.3, -0.25) is 0 Å². The highest BCUT2D eigenvalue weighted by Gasteiger charge is 2.35. The smallest absolute Gasteiger partial charge is 0.0909 e. The van der Waals surface area contributed by atoms with Crippen molar-refractivity contribution in [2.24, 2.45) is 5.92 Å². The molecule has 0 fully saturated rings. The molecule has 0 unspecified atom stereocenters. The van der Waals surface area contributed by atoms with Gasteiger partial charge in [0, 0.05) is 5.25 Å². The van der Waals surface area contributed by atoms with Crippen LogP contribution in [0.1, 0.15) is 27.7 Å². The summed E-state index contributed by atoms with van der Waals surface area (Å²) in [4.78, 5) is 0. The van der Waals surface area contributed by atoms with E-state index in [0.29, 0.717) is 11.2 Å². The van der Waals surface area contributed by atoms with Gasteiger partial charge in [-0.05, 0) is 5.92 Å². The topological polar surface area (TPSA) is 0 Å². The van der Waals surface area contributed by atoms with Crippen LogP contribution in [-0.4, -0.2) is 14.3 Å². The van der Waals surface area contributed by atoms with E-state index in [0.717, 1.165) is 0 Å². The molecule has 0 aromatic heterocycles. The van der Waals surface area contributed by atoms with Gasteiger partial charge in [0.2, 0.25) is 3.79 Å². The van der Waals surface area contributed by atoms with Crippen molar-refractivity contribution in [2.45, 2.75) is 42.0 Å². The molecule has 0 N–H and O–H groups in total. The lowest BCUT2D eigenvalue weighted by atomic mass is 10.1. The third kappa shape index (κ3) is 6.62. The van der Waals surface area contributed by atoms with Crippen LogP contribution in [0.3, 0.4) is 0 Å². The third-order valence-corrected chi connectivity index (χ3v) is 6.08. The van der Waals surface area contributed by atoms with E-state index in [2.05, 4.69) is 27.7 Å². The van der Waals surface area contributed by atoms with Crippen LogP contribution in [0.4, 0.5) is 0 Å². The van der Waals surface area contributed by atoms with E-state index in [-0.39, 0.29) is 5.25 Å². The van der Waals surface area contributed by atoms with Gasteiger partial charge < -0.3 is 0 Å². The second-order valence-electron chi connectivity index (χ2n) is 3.45. The van der Waals surface area contributed by atoms with E-state index in [1.807, 2.05) is 0 Å². The summed E-state index contributed by atoms with van der Waals surface area (Å²) in [5.74, 6) is 0.365. The molecule has 0 amide bonds. The Labute approximate surface area is 104 Å². The first-order valence-electron chi connectivity index (χ1n) is 4.14. The summed E-state index contributed by atoms with van der Waals surface area (Å²) in [5.41, 5.74) is 0. The molecule has 80 valence electrons. The highest BCUT2D eigenvalue weighted by molar-refractivity contribution is 8.77. The van der Waals surface area contributed by atoms with Gasteiger partial charge in [0.25, 0.3) is 0 Å². The Bertz CT molecular complexity index is 143. The summed E-state index contributed by atoms with van der Waals surface area (Å²) < 4.78 is -1.17.